The van der Waals surface area contributed by atoms with Crippen LogP contribution in [0.4, 0.5) is 13.2 Å². The van der Waals surface area contributed by atoms with Crippen molar-refractivity contribution in [2.24, 2.45) is 5.41 Å². The van der Waals surface area contributed by atoms with Gasteiger partial charge in [0.15, 0.2) is 0 Å². The van der Waals surface area contributed by atoms with Crippen LogP contribution in [0.15, 0.2) is 0 Å². The van der Waals surface area contributed by atoms with Gasteiger partial charge in [0.25, 0.3) is 0 Å². The first-order chi connectivity index (χ1) is 7.71. The highest BCUT2D eigenvalue weighted by molar-refractivity contribution is 5.78. The van der Waals surface area contributed by atoms with Crippen molar-refractivity contribution in [3.63, 3.8) is 0 Å². The van der Waals surface area contributed by atoms with Crippen LogP contribution in [0, 0.1) is 5.41 Å². The molecule has 1 atom stereocenters. The molecule has 1 fully saturated rings. The van der Waals surface area contributed by atoms with Gasteiger partial charge < -0.3 is 10.6 Å². The van der Waals surface area contributed by atoms with Crippen molar-refractivity contribution in [2.75, 3.05) is 13.1 Å². The van der Waals surface area contributed by atoms with Gasteiger partial charge in [-0.1, -0.05) is 20.3 Å². The summed E-state index contributed by atoms with van der Waals surface area (Å²) >= 11 is 0. The molecular weight excluding hydrogens is 233 g/mol. The SMILES string of the molecule is CC1(C)CCCC1NC(=O)CNCC(F)(F)F. The molecular formula is C11H19F3N2O. The van der Waals surface area contributed by atoms with Crippen molar-refractivity contribution in [1.29, 1.82) is 0 Å². The molecule has 0 aromatic carbocycles. The summed E-state index contributed by atoms with van der Waals surface area (Å²) < 4.78 is 35.5. The van der Waals surface area contributed by atoms with E-state index in [9.17, 15) is 18.0 Å². The molecule has 3 nitrogen and oxygen atoms in total. The summed E-state index contributed by atoms with van der Waals surface area (Å²) in [4.78, 5) is 11.4. The highest BCUT2D eigenvalue weighted by atomic mass is 19.4. The molecule has 17 heavy (non-hydrogen) atoms. The molecule has 1 unspecified atom stereocenters. The van der Waals surface area contributed by atoms with Gasteiger partial charge in [-0.3, -0.25) is 4.79 Å². The first kappa shape index (κ1) is 14.3. The van der Waals surface area contributed by atoms with Crippen LogP contribution in [-0.2, 0) is 4.79 Å². The van der Waals surface area contributed by atoms with Crippen molar-refractivity contribution in [3.05, 3.63) is 0 Å². The largest absolute Gasteiger partial charge is 0.401 e. The van der Waals surface area contributed by atoms with Gasteiger partial charge in [-0.05, 0) is 18.3 Å². The van der Waals surface area contributed by atoms with E-state index >= 15 is 0 Å². The van der Waals surface area contributed by atoms with Gasteiger partial charge in [0, 0.05) is 6.04 Å². The molecule has 1 rings (SSSR count). The van der Waals surface area contributed by atoms with Crippen LogP contribution in [0.3, 0.4) is 0 Å². The van der Waals surface area contributed by atoms with E-state index < -0.39 is 12.7 Å². The molecule has 0 aromatic rings. The first-order valence-electron chi connectivity index (χ1n) is 5.77. The molecule has 1 aliphatic rings. The van der Waals surface area contributed by atoms with Crippen LogP contribution >= 0.6 is 0 Å². The summed E-state index contributed by atoms with van der Waals surface area (Å²) in [5.41, 5.74) is 0.0414. The summed E-state index contributed by atoms with van der Waals surface area (Å²) in [7, 11) is 0. The highest BCUT2D eigenvalue weighted by Gasteiger charge is 2.35. The van der Waals surface area contributed by atoms with Gasteiger partial charge in [-0.25, -0.2) is 0 Å². The van der Waals surface area contributed by atoms with Crippen molar-refractivity contribution < 1.29 is 18.0 Å². The fourth-order valence-corrected chi connectivity index (χ4v) is 2.16. The number of carbonyl (C=O) groups is 1. The number of amides is 1. The molecule has 1 aliphatic carbocycles. The zero-order chi connectivity index (χ0) is 13.1. The Labute approximate surface area is 99.1 Å². The standard InChI is InChI=1S/C11H19F3N2O/c1-10(2)5-3-4-8(10)16-9(17)6-15-7-11(12,13)14/h8,15H,3-7H2,1-2H3,(H,16,17). The van der Waals surface area contributed by atoms with Crippen LogP contribution in [0.5, 0.6) is 0 Å². The number of hydrogen-bond acceptors (Lipinski definition) is 2. The number of hydrogen-bond donors (Lipinski definition) is 2. The first-order valence-corrected chi connectivity index (χ1v) is 5.77. The molecule has 1 saturated carbocycles. The normalized spacial score (nSPS) is 23.7. The number of halogens is 3. The average molecular weight is 252 g/mol. The lowest BCUT2D eigenvalue weighted by Crippen LogP contribution is -2.46. The van der Waals surface area contributed by atoms with E-state index in [0.29, 0.717) is 0 Å². The van der Waals surface area contributed by atoms with Crippen molar-refractivity contribution in [2.45, 2.75) is 45.3 Å². The van der Waals surface area contributed by atoms with Gasteiger partial charge in [0.1, 0.15) is 0 Å². The van der Waals surface area contributed by atoms with Crippen LogP contribution in [0.25, 0.3) is 0 Å². The van der Waals surface area contributed by atoms with Crippen LogP contribution < -0.4 is 10.6 Å². The summed E-state index contributed by atoms with van der Waals surface area (Å²) in [5, 5.41) is 4.88. The Balaban J connectivity index is 2.26. The molecule has 0 spiro atoms. The Morgan fingerprint density at radius 3 is 2.53 bits per heavy atom. The molecule has 0 radical (unpaired) electrons. The monoisotopic (exact) mass is 252 g/mol. The van der Waals surface area contributed by atoms with Gasteiger partial charge in [-0.15, -0.1) is 0 Å². The number of rotatable bonds is 4. The van der Waals surface area contributed by atoms with Gasteiger partial charge in [-0.2, -0.15) is 13.2 Å². The Morgan fingerprint density at radius 2 is 2.06 bits per heavy atom. The molecule has 0 bridgehead atoms. The number of carbonyl (C=O) groups excluding carboxylic acids is 1. The lowest BCUT2D eigenvalue weighted by Gasteiger charge is -2.27. The fraction of sp³-hybridized carbons (Fsp3) is 0.909. The second kappa shape index (κ2) is 5.25. The van der Waals surface area contributed by atoms with Crippen molar-refractivity contribution in [1.82, 2.24) is 10.6 Å². The van der Waals surface area contributed by atoms with E-state index in [1.54, 1.807) is 0 Å². The van der Waals surface area contributed by atoms with E-state index in [0.717, 1.165) is 19.3 Å². The minimum absolute atomic E-state index is 0.0414. The van der Waals surface area contributed by atoms with E-state index in [-0.39, 0.29) is 23.9 Å². The number of alkyl halides is 3. The predicted molar refractivity (Wildman–Crippen MR) is 58.5 cm³/mol. The summed E-state index contributed by atoms with van der Waals surface area (Å²) in [6.07, 6.45) is -1.28. The predicted octanol–water partition coefficient (Wildman–Crippen LogP) is 1.83. The molecule has 0 aliphatic heterocycles. The molecule has 0 saturated heterocycles. The van der Waals surface area contributed by atoms with E-state index in [1.807, 2.05) is 0 Å². The van der Waals surface area contributed by atoms with E-state index in [4.69, 9.17) is 0 Å². The smallest absolute Gasteiger partial charge is 0.352 e. The molecule has 2 N–H and O–H groups in total. The zero-order valence-electron chi connectivity index (χ0n) is 10.2. The Morgan fingerprint density at radius 1 is 1.41 bits per heavy atom. The zero-order valence-corrected chi connectivity index (χ0v) is 10.2. The topological polar surface area (TPSA) is 41.1 Å². The third-order valence-corrected chi connectivity index (χ3v) is 3.20. The second-order valence-corrected chi connectivity index (χ2v) is 5.22. The maximum atomic E-state index is 11.8. The average Bonchev–Trinajstić information content (AvgIpc) is 2.43. The Kier molecular flexibility index (Phi) is 4.41. The van der Waals surface area contributed by atoms with Crippen LogP contribution in [0.1, 0.15) is 33.1 Å². The minimum atomic E-state index is -4.27. The quantitative estimate of drug-likeness (QED) is 0.801. The molecule has 0 heterocycles. The van der Waals surface area contributed by atoms with E-state index in [2.05, 4.69) is 24.5 Å². The Hall–Kier alpha value is -0.780. The van der Waals surface area contributed by atoms with Crippen molar-refractivity contribution in [3.8, 4) is 0 Å². The Bertz CT molecular complexity index is 276. The summed E-state index contributed by atoms with van der Waals surface area (Å²) in [5.74, 6) is -0.366. The highest BCUT2D eigenvalue weighted by Crippen LogP contribution is 2.36. The molecule has 6 heteroatoms. The minimum Gasteiger partial charge on any atom is -0.352 e. The lowest BCUT2D eigenvalue weighted by atomic mass is 9.87. The maximum Gasteiger partial charge on any atom is 0.401 e. The third-order valence-electron chi connectivity index (χ3n) is 3.20. The van der Waals surface area contributed by atoms with Gasteiger partial charge in [0.2, 0.25) is 5.91 Å². The third kappa shape index (κ3) is 4.93. The van der Waals surface area contributed by atoms with Crippen LogP contribution in [-0.4, -0.2) is 31.2 Å². The molecule has 100 valence electrons. The molecule has 0 aromatic heterocycles. The van der Waals surface area contributed by atoms with Crippen molar-refractivity contribution >= 4 is 5.91 Å². The van der Waals surface area contributed by atoms with Gasteiger partial charge >= 0.3 is 6.18 Å². The summed E-state index contributed by atoms with van der Waals surface area (Å²) in [6.45, 7) is 2.71. The molecule has 1 amide bonds. The van der Waals surface area contributed by atoms with Gasteiger partial charge in [0.05, 0.1) is 13.1 Å². The second-order valence-electron chi connectivity index (χ2n) is 5.22. The number of nitrogens with one attached hydrogen (secondary N) is 2. The summed E-state index contributed by atoms with van der Waals surface area (Å²) in [6, 6.07) is 0.0719. The maximum absolute atomic E-state index is 11.8. The lowest BCUT2D eigenvalue weighted by molar-refractivity contribution is -0.129. The fourth-order valence-electron chi connectivity index (χ4n) is 2.16. The van der Waals surface area contributed by atoms with Crippen LogP contribution in [0.2, 0.25) is 0 Å². The van der Waals surface area contributed by atoms with E-state index in [1.165, 1.54) is 0 Å².